The van der Waals surface area contributed by atoms with Gasteiger partial charge >= 0.3 is 0 Å². The third-order valence-corrected chi connectivity index (χ3v) is 3.09. The van der Waals surface area contributed by atoms with E-state index in [2.05, 4.69) is 6.58 Å². The van der Waals surface area contributed by atoms with Crippen molar-refractivity contribution in [3.8, 4) is 5.75 Å². The molecule has 3 heteroatoms. The lowest BCUT2D eigenvalue weighted by Crippen LogP contribution is -2.21. The fourth-order valence-electron chi connectivity index (χ4n) is 2.02. The van der Waals surface area contributed by atoms with Gasteiger partial charge in [-0.25, -0.2) is 0 Å². The maximum atomic E-state index is 11.9. The minimum absolute atomic E-state index is 0.0107. The average molecular weight is 246 g/mol. The Balaban J connectivity index is 1.92. The molecule has 1 heterocycles. The van der Waals surface area contributed by atoms with E-state index in [1.807, 2.05) is 30.3 Å². The van der Waals surface area contributed by atoms with E-state index in [1.54, 1.807) is 0 Å². The van der Waals surface area contributed by atoms with Crippen molar-refractivity contribution in [3.05, 3.63) is 42.5 Å². The number of ketones is 1. The van der Waals surface area contributed by atoms with Crippen LogP contribution in [0.25, 0.3) is 0 Å². The summed E-state index contributed by atoms with van der Waals surface area (Å²) >= 11 is 0. The molecule has 1 aromatic carbocycles. The zero-order valence-electron chi connectivity index (χ0n) is 10.4. The van der Waals surface area contributed by atoms with E-state index < -0.39 is 0 Å². The Hall–Kier alpha value is -1.61. The molecule has 0 radical (unpaired) electrons. The Morgan fingerprint density at radius 2 is 2.33 bits per heavy atom. The Bertz CT molecular complexity index is 420. The van der Waals surface area contributed by atoms with Crippen LogP contribution < -0.4 is 4.74 Å². The van der Waals surface area contributed by atoms with Crippen LogP contribution in [0.1, 0.15) is 12.0 Å². The largest absolute Gasteiger partial charge is 0.486 e. The molecule has 96 valence electrons. The van der Waals surface area contributed by atoms with Gasteiger partial charge in [-0.3, -0.25) is 4.79 Å². The summed E-state index contributed by atoms with van der Waals surface area (Å²) in [6.07, 6.45) is 3.39. The molecule has 18 heavy (non-hydrogen) atoms. The molecule has 0 spiro atoms. The molecular weight excluding hydrogens is 228 g/mol. The molecule has 1 aliphatic heterocycles. The second-order valence-corrected chi connectivity index (χ2v) is 4.42. The van der Waals surface area contributed by atoms with Crippen LogP contribution in [0.15, 0.2) is 36.9 Å². The second kappa shape index (κ2) is 6.36. The highest BCUT2D eigenvalue weighted by Gasteiger charge is 2.23. The number of ether oxygens (including phenoxy) is 2. The number of allylic oxidation sites excluding steroid dienone is 1. The monoisotopic (exact) mass is 246 g/mol. The molecule has 3 nitrogen and oxygen atoms in total. The van der Waals surface area contributed by atoms with E-state index in [4.69, 9.17) is 9.47 Å². The van der Waals surface area contributed by atoms with Crippen molar-refractivity contribution in [2.45, 2.75) is 12.8 Å². The third kappa shape index (κ3) is 3.20. The number of carbonyl (C=O) groups excluding carboxylic acids is 1. The molecule has 0 aromatic heterocycles. The number of para-hydroxylation sites is 1. The maximum Gasteiger partial charge on any atom is 0.175 e. The summed E-state index contributed by atoms with van der Waals surface area (Å²) in [5.41, 5.74) is 1.06. The highest BCUT2D eigenvalue weighted by atomic mass is 16.5. The van der Waals surface area contributed by atoms with E-state index in [9.17, 15) is 4.79 Å². The van der Waals surface area contributed by atoms with Crippen molar-refractivity contribution in [3.63, 3.8) is 0 Å². The molecule has 2 rings (SSSR count). The number of hydrogen-bond acceptors (Lipinski definition) is 3. The Kier molecular flexibility index (Phi) is 4.53. The van der Waals surface area contributed by atoms with Crippen LogP contribution >= 0.6 is 0 Å². The standard InChI is InChI=1S/C15H18O3/c1-2-5-12-6-3-4-7-15(12)18-11-14(16)13-8-9-17-10-13/h2-4,6-7,13H,1,5,8-11H2. The molecule has 1 fully saturated rings. The predicted molar refractivity (Wildman–Crippen MR) is 69.8 cm³/mol. The number of rotatable bonds is 6. The fourth-order valence-corrected chi connectivity index (χ4v) is 2.02. The lowest BCUT2D eigenvalue weighted by molar-refractivity contribution is -0.124. The Morgan fingerprint density at radius 1 is 1.50 bits per heavy atom. The van der Waals surface area contributed by atoms with Gasteiger partial charge < -0.3 is 9.47 Å². The van der Waals surface area contributed by atoms with Gasteiger partial charge in [0.15, 0.2) is 5.78 Å². The Labute approximate surface area is 107 Å². The molecule has 0 aliphatic carbocycles. The summed E-state index contributed by atoms with van der Waals surface area (Å²) in [4.78, 5) is 11.9. The maximum absolute atomic E-state index is 11.9. The highest BCUT2D eigenvalue weighted by molar-refractivity contribution is 5.82. The second-order valence-electron chi connectivity index (χ2n) is 4.42. The van der Waals surface area contributed by atoms with Crippen molar-refractivity contribution in [1.82, 2.24) is 0 Å². The van der Waals surface area contributed by atoms with Gasteiger partial charge in [-0.15, -0.1) is 6.58 Å². The molecule has 1 unspecified atom stereocenters. The van der Waals surface area contributed by atoms with Crippen molar-refractivity contribution in [2.24, 2.45) is 5.92 Å². The van der Waals surface area contributed by atoms with Gasteiger partial charge in [0.1, 0.15) is 12.4 Å². The van der Waals surface area contributed by atoms with Crippen LogP contribution in [-0.4, -0.2) is 25.6 Å². The predicted octanol–water partition coefficient (Wildman–Crippen LogP) is 2.40. The molecule has 0 N–H and O–H groups in total. The molecule has 1 aromatic rings. The van der Waals surface area contributed by atoms with E-state index in [0.717, 1.165) is 24.2 Å². The first-order chi connectivity index (χ1) is 8.81. The summed E-state index contributed by atoms with van der Waals surface area (Å²) in [6.45, 7) is 5.07. The van der Waals surface area contributed by atoms with Crippen LogP contribution in [0.4, 0.5) is 0 Å². The van der Waals surface area contributed by atoms with Crippen molar-refractivity contribution in [2.75, 3.05) is 19.8 Å². The summed E-state index contributed by atoms with van der Waals surface area (Å²) in [5.74, 6) is 0.905. The number of benzene rings is 1. The zero-order chi connectivity index (χ0) is 12.8. The molecule has 1 aliphatic rings. The van der Waals surface area contributed by atoms with Gasteiger partial charge in [0, 0.05) is 12.5 Å². The zero-order valence-corrected chi connectivity index (χ0v) is 10.4. The lowest BCUT2D eigenvalue weighted by atomic mass is 10.0. The number of Topliss-reactive ketones (excluding diaryl/α,β-unsaturated/α-hetero) is 1. The van der Waals surface area contributed by atoms with Crippen molar-refractivity contribution in [1.29, 1.82) is 0 Å². The minimum atomic E-state index is 0.0107. The quantitative estimate of drug-likeness (QED) is 0.723. The first-order valence-electron chi connectivity index (χ1n) is 6.23. The van der Waals surface area contributed by atoms with Crippen LogP contribution in [-0.2, 0) is 16.0 Å². The van der Waals surface area contributed by atoms with E-state index >= 15 is 0 Å². The van der Waals surface area contributed by atoms with Gasteiger partial charge in [-0.1, -0.05) is 24.3 Å². The van der Waals surface area contributed by atoms with Crippen LogP contribution in [0.5, 0.6) is 5.75 Å². The van der Waals surface area contributed by atoms with Crippen LogP contribution in [0.3, 0.4) is 0 Å². The third-order valence-electron chi connectivity index (χ3n) is 3.09. The Morgan fingerprint density at radius 3 is 3.06 bits per heavy atom. The van der Waals surface area contributed by atoms with E-state index in [0.29, 0.717) is 13.2 Å². The first kappa shape index (κ1) is 12.8. The average Bonchev–Trinajstić information content (AvgIpc) is 2.92. The first-order valence-corrected chi connectivity index (χ1v) is 6.23. The lowest BCUT2D eigenvalue weighted by Gasteiger charge is -2.11. The van der Waals surface area contributed by atoms with Gasteiger partial charge in [0.2, 0.25) is 0 Å². The molecule has 1 atom stereocenters. The van der Waals surface area contributed by atoms with E-state index in [1.165, 1.54) is 0 Å². The number of carbonyl (C=O) groups is 1. The van der Waals surface area contributed by atoms with Gasteiger partial charge in [-0.2, -0.15) is 0 Å². The summed E-state index contributed by atoms with van der Waals surface area (Å²) in [6, 6.07) is 7.74. The van der Waals surface area contributed by atoms with Gasteiger partial charge in [0.25, 0.3) is 0 Å². The van der Waals surface area contributed by atoms with Gasteiger partial charge in [0.05, 0.1) is 6.61 Å². The summed E-state index contributed by atoms with van der Waals surface area (Å²) in [7, 11) is 0. The molecule has 0 bridgehead atoms. The smallest absolute Gasteiger partial charge is 0.175 e. The normalized spacial score (nSPS) is 18.6. The molecule has 0 saturated carbocycles. The van der Waals surface area contributed by atoms with E-state index in [-0.39, 0.29) is 18.3 Å². The van der Waals surface area contributed by atoms with Gasteiger partial charge in [-0.05, 0) is 24.5 Å². The summed E-state index contributed by atoms with van der Waals surface area (Å²) in [5, 5.41) is 0. The number of hydrogen-bond donors (Lipinski definition) is 0. The minimum Gasteiger partial charge on any atom is -0.486 e. The SMILES string of the molecule is C=CCc1ccccc1OCC(=O)C1CCOC1. The van der Waals surface area contributed by atoms with Crippen LogP contribution in [0.2, 0.25) is 0 Å². The fraction of sp³-hybridized carbons (Fsp3) is 0.400. The molecule has 1 saturated heterocycles. The molecular formula is C15H18O3. The molecule has 0 amide bonds. The topological polar surface area (TPSA) is 35.5 Å². The highest BCUT2D eigenvalue weighted by Crippen LogP contribution is 2.20. The summed E-state index contributed by atoms with van der Waals surface area (Å²) < 4.78 is 10.8. The van der Waals surface area contributed by atoms with Crippen LogP contribution in [0, 0.1) is 5.92 Å². The van der Waals surface area contributed by atoms with Crippen molar-refractivity contribution < 1.29 is 14.3 Å². The van der Waals surface area contributed by atoms with Crippen molar-refractivity contribution >= 4 is 5.78 Å².